The Labute approximate surface area is 116 Å². The van der Waals surface area contributed by atoms with Crippen molar-refractivity contribution in [2.75, 3.05) is 13.1 Å². The van der Waals surface area contributed by atoms with E-state index in [9.17, 15) is 4.39 Å². The zero-order valence-electron chi connectivity index (χ0n) is 10.6. The average molecular weight is 312 g/mol. The quantitative estimate of drug-likeness (QED) is 0.784. The topological polar surface area (TPSA) is 3.24 Å². The van der Waals surface area contributed by atoms with Crippen LogP contribution in [0.2, 0.25) is 0 Å². The SMILES string of the molecule is Fc1ccc(Br)cc1CN1CC2(CCCCC2)C1. The molecular weight excluding hydrogens is 293 g/mol. The fourth-order valence-electron chi connectivity index (χ4n) is 3.54. The molecule has 1 saturated carbocycles. The Morgan fingerprint density at radius 3 is 2.61 bits per heavy atom. The van der Waals surface area contributed by atoms with Crippen LogP contribution in [0.4, 0.5) is 4.39 Å². The Morgan fingerprint density at radius 1 is 1.17 bits per heavy atom. The van der Waals surface area contributed by atoms with Gasteiger partial charge >= 0.3 is 0 Å². The van der Waals surface area contributed by atoms with Gasteiger partial charge in [0.15, 0.2) is 0 Å². The molecule has 1 aliphatic heterocycles. The summed E-state index contributed by atoms with van der Waals surface area (Å²) in [6.07, 6.45) is 6.94. The van der Waals surface area contributed by atoms with Crippen LogP contribution in [0.1, 0.15) is 37.7 Å². The maximum Gasteiger partial charge on any atom is 0.127 e. The molecule has 1 nitrogen and oxygen atoms in total. The van der Waals surface area contributed by atoms with Gasteiger partial charge in [0.1, 0.15) is 5.82 Å². The fraction of sp³-hybridized carbons (Fsp3) is 0.600. The second kappa shape index (κ2) is 4.93. The summed E-state index contributed by atoms with van der Waals surface area (Å²) in [5, 5.41) is 0. The van der Waals surface area contributed by atoms with Crippen LogP contribution in [-0.4, -0.2) is 18.0 Å². The number of nitrogens with zero attached hydrogens (tertiary/aromatic N) is 1. The molecule has 0 N–H and O–H groups in total. The van der Waals surface area contributed by atoms with Crippen molar-refractivity contribution in [3.8, 4) is 0 Å². The molecule has 0 unspecified atom stereocenters. The van der Waals surface area contributed by atoms with E-state index < -0.39 is 0 Å². The lowest BCUT2D eigenvalue weighted by Gasteiger charge is -2.52. The molecule has 0 aromatic heterocycles. The van der Waals surface area contributed by atoms with Gasteiger partial charge in [-0.1, -0.05) is 35.2 Å². The molecule has 0 bridgehead atoms. The zero-order chi connectivity index (χ0) is 12.6. The van der Waals surface area contributed by atoms with Gasteiger partial charge in [-0.05, 0) is 36.5 Å². The Balaban J connectivity index is 1.60. The fourth-order valence-corrected chi connectivity index (χ4v) is 3.95. The molecule has 98 valence electrons. The van der Waals surface area contributed by atoms with Gasteiger partial charge in [-0.25, -0.2) is 4.39 Å². The summed E-state index contributed by atoms with van der Waals surface area (Å²) in [4.78, 5) is 2.39. The van der Waals surface area contributed by atoms with Crippen LogP contribution in [0.15, 0.2) is 22.7 Å². The molecule has 2 aliphatic rings. The Bertz CT molecular complexity index is 432. The van der Waals surface area contributed by atoms with Gasteiger partial charge in [0.25, 0.3) is 0 Å². The average Bonchev–Trinajstić information content (AvgIpc) is 2.33. The molecule has 0 amide bonds. The van der Waals surface area contributed by atoms with Crippen molar-refractivity contribution in [3.05, 3.63) is 34.1 Å². The van der Waals surface area contributed by atoms with Gasteiger partial charge in [0.2, 0.25) is 0 Å². The maximum atomic E-state index is 13.7. The maximum absolute atomic E-state index is 13.7. The van der Waals surface area contributed by atoms with Crippen LogP contribution < -0.4 is 0 Å². The highest BCUT2D eigenvalue weighted by Crippen LogP contribution is 2.44. The Morgan fingerprint density at radius 2 is 1.89 bits per heavy atom. The lowest BCUT2D eigenvalue weighted by Crippen LogP contribution is -2.56. The molecule has 1 saturated heterocycles. The van der Waals surface area contributed by atoms with E-state index >= 15 is 0 Å². The Hall–Kier alpha value is -0.410. The van der Waals surface area contributed by atoms with E-state index in [0.29, 0.717) is 5.41 Å². The summed E-state index contributed by atoms with van der Waals surface area (Å²) in [5.41, 5.74) is 1.40. The summed E-state index contributed by atoms with van der Waals surface area (Å²) in [7, 11) is 0. The van der Waals surface area contributed by atoms with Crippen LogP contribution in [0.25, 0.3) is 0 Å². The van der Waals surface area contributed by atoms with Gasteiger partial charge in [-0.3, -0.25) is 4.90 Å². The third kappa shape index (κ3) is 2.48. The molecule has 1 aliphatic carbocycles. The van der Waals surface area contributed by atoms with Gasteiger partial charge < -0.3 is 0 Å². The second-order valence-electron chi connectivity index (χ2n) is 5.94. The molecule has 0 atom stereocenters. The van der Waals surface area contributed by atoms with Crippen molar-refractivity contribution in [1.29, 1.82) is 0 Å². The van der Waals surface area contributed by atoms with Crippen molar-refractivity contribution in [1.82, 2.24) is 4.90 Å². The van der Waals surface area contributed by atoms with Crippen LogP contribution in [-0.2, 0) is 6.54 Å². The van der Waals surface area contributed by atoms with E-state index in [1.807, 2.05) is 6.07 Å². The first-order chi connectivity index (χ1) is 8.67. The molecule has 1 heterocycles. The highest BCUT2D eigenvalue weighted by molar-refractivity contribution is 9.10. The summed E-state index contributed by atoms with van der Waals surface area (Å²) in [6, 6.07) is 5.22. The van der Waals surface area contributed by atoms with E-state index in [-0.39, 0.29) is 5.82 Å². The van der Waals surface area contributed by atoms with E-state index in [0.717, 1.165) is 16.6 Å². The lowest BCUT2D eigenvalue weighted by atomic mass is 9.68. The number of rotatable bonds is 2. The first kappa shape index (κ1) is 12.6. The molecule has 3 rings (SSSR count). The minimum absolute atomic E-state index is 0.0807. The van der Waals surface area contributed by atoms with E-state index in [1.54, 1.807) is 12.1 Å². The predicted molar refractivity (Wildman–Crippen MR) is 74.9 cm³/mol. The highest BCUT2D eigenvalue weighted by atomic mass is 79.9. The van der Waals surface area contributed by atoms with Crippen molar-refractivity contribution in [2.45, 2.75) is 38.6 Å². The number of likely N-dealkylation sites (tertiary alicyclic amines) is 1. The summed E-state index contributed by atoms with van der Waals surface area (Å²) < 4.78 is 14.6. The highest BCUT2D eigenvalue weighted by Gasteiger charge is 2.42. The lowest BCUT2D eigenvalue weighted by molar-refractivity contribution is -0.0338. The molecule has 2 fully saturated rings. The molecule has 1 aromatic rings. The molecule has 0 radical (unpaired) electrons. The number of hydrogen-bond donors (Lipinski definition) is 0. The van der Waals surface area contributed by atoms with Gasteiger partial charge in [0.05, 0.1) is 0 Å². The number of hydrogen-bond acceptors (Lipinski definition) is 1. The van der Waals surface area contributed by atoms with Crippen LogP contribution in [0, 0.1) is 11.2 Å². The summed E-state index contributed by atoms with van der Waals surface area (Å²) in [5.74, 6) is -0.0807. The molecular formula is C15H19BrFN. The van der Waals surface area contributed by atoms with Crippen LogP contribution in [0.5, 0.6) is 0 Å². The van der Waals surface area contributed by atoms with E-state index in [1.165, 1.54) is 45.2 Å². The third-order valence-electron chi connectivity index (χ3n) is 4.43. The van der Waals surface area contributed by atoms with Crippen LogP contribution >= 0.6 is 15.9 Å². The number of benzene rings is 1. The van der Waals surface area contributed by atoms with Gasteiger partial charge in [-0.2, -0.15) is 0 Å². The predicted octanol–water partition coefficient (Wildman–Crippen LogP) is 4.35. The van der Waals surface area contributed by atoms with Gasteiger partial charge in [0, 0.05) is 29.7 Å². The zero-order valence-corrected chi connectivity index (χ0v) is 12.2. The Kier molecular flexibility index (Phi) is 3.46. The van der Waals surface area contributed by atoms with Crippen LogP contribution in [0.3, 0.4) is 0 Å². The molecule has 3 heteroatoms. The third-order valence-corrected chi connectivity index (χ3v) is 4.93. The first-order valence-corrected chi connectivity index (χ1v) is 7.63. The standard InChI is InChI=1S/C15H19BrFN/c16-13-4-5-14(17)12(8-13)9-18-10-15(11-18)6-2-1-3-7-15/h4-5,8H,1-3,6-7,9-11H2. The largest absolute Gasteiger partial charge is 0.298 e. The van der Waals surface area contributed by atoms with Gasteiger partial charge in [-0.15, -0.1) is 0 Å². The monoisotopic (exact) mass is 311 g/mol. The second-order valence-corrected chi connectivity index (χ2v) is 6.86. The minimum Gasteiger partial charge on any atom is -0.298 e. The summed E-state index contributed by atoms with van der Waals surface area (Å²) >= 11 is 3.41. The first-order valence-electron chi connectivity index (χ1n) is 6.83. The number of halogens is 2. The molecule has 1 aromatic carbocycles. The minimum atomic E-state index is -0.0807. The van der Waals surface area contributed by atoms with E-state index in [4.69, 9.17) is 0 Å². The normalized spacial score (nSPS) is 23.0. The molecule has 1 spiro atoms. The van der Waals surface area contributed by atoms with Crippen molar-refractivity contribution >= 4 is 15.9 Å². The smallest absolute Gasteiger partial charge is 0.127 e. The van der Waals surface area contributed by atoms with Crippen molar-refractivity contribution < 1.29 is 4.39 Å². The van der Waals surface area contributed by atoms with Crippen molar-refractivity contribution in [3.63, 3.8) is 0 Å². The van der Waals surface area contributed by atoms with E-state index in [2.05, 4.69) is 20.8 Å². The van der Waals surface area contributed by atoms with Crippen molar-refractivity contribution in [2.24, 2.45) is 5.41 Å². The summed E-state index contributed by atoms with van der Waals surface area (Å²) in [6.45, 7) is 3.09. The molecule has 18 heavy (non-hydrogen) atoms.